The lowest BCUT2D eigenvalue weighted by molar-refractivity contribution is -0.116. The molecule has 0 atom stereocenters. The molecule has 2 aromatic carbocycles. The van der Waals surface area contributed by atoms with Crippen LogP contribution < -0.4 is 11.1 Å². The summed E-state index contributed by atoms with van der Waals surface area (Å²) in [6.07, 6.45) is 3.90. The van der Waals surface area contributed by atoms with Gasteiger partial charge < -0.3 is 16.0 Å². The molecule has 2 aromatic heterocycles. The van der Waals surface area contributed by atoms with Gasteiger partial charge in [0.2, 0.25) is 5.91 Å². The van der Waals surface area contributed by atoms with Crippen LogP contribution in [0.2, 0.25) is 0 Å². The number of nitrogens with one attached hydrogen (secondary N) is 2. The third-order valence-electron chi connectivity index (χ3n) is 4.96. The number of amides is 1. The molecule has 0 spiro atoms. The van der Waals surface area contributed by atoms with Crippen molar-refractivity contribution in [2.75, 3.05) is 12.3 Å². The number of H-pyrrole nitrogens is 1. The molecule has 5 nitrogen and oxygen atoms in total. The number of fused-ring (bicyclic) bond motifs is 2. The van der Waals surface area contributed by atoms with Gasteiger partial charge in [0.25, 0.3) is 0 Å². The third kappa shape index (κ3) is 3.86. The second-order valence-corrected chi connectivity index (χ2v) is 8.06. The molecule has 1 amide bonds. The maximum Gasteiger partial charge on any atom is 0.244 e. The minimum Gasteiger partial charge on any atom is -0.375 e. The molecule has 0 radical (unpaired) electrons. The van der Waals surface area contributed by atoms with E-state index in [1.807, 2.05) is 32.0 Å². The van der Waals surface area contributed by atoms with E-state index >= 15 is 0 Å². The Labute approximate surface area is 171 Å². The van der Waals surface area contributed by atoms with Gasteiger partial charge in [0, 0.05) is 23.7 Å². The molecule has 7 heteroatoms. The molecule has 0 aliphatic carbocycles. The minimum atomic E-state index is -0.258. The molecule has 0 aliphatic heterocycles. The lowest BCUT2D eigenvalue weighted by Gasteiger charge is -2.05. The monoisotopic (exact) mass is 408 g/mol. The Balaban J connectivity index is 1.41. The number of hydrogen-bond acceptors (Lipinski definition) is 4. The van der Waals surface area contributed by atoms with E-state index in [0.29, 0.717) is 23.6 Å². The number of carbonyl (C=O) groups excluding carboxylic acids is 1. The summed E-state index contributed by atoms with van der Waals surface area (Å²) in [6, 6.07) is 9.00. The lowest BCUT2D eigenvalue weighted by atomic mass is 10.0. The second kappa shape index (κ2) is 7.67. The van der Waals surface area contributed by atoms with Crippen molar-refractivity contribution < 1.29 is 9.18 Å². The molecule has 4 rings (SSSR count). The topological polar surface area (TPSA) is 83.8 Å². The van der Waals surface area contributed by atoms with Gasteiger partial charge in [0.15, 0.2) is 5.13 Å². The lowest BCUT2D eigenvalue weighted by Crippen LogP contribution is -2.23. The quantitative estimate of drug-likeness (QED) is 0.426. The van der Waals surface area contributed by atoms with Crippen LogP contribution in [0.5, 0.6) is 0 Å². The van der Waals surface area contributed by atoms with Crippen LogP contribution in [0.4, 0.5) is 9.52 Å². The predicted octanol–water partition coefficient (Wildman–Crippen LogP) is 4.49. The molecule has 29 heavy (non-hydrogen) atoms. The number of aromatic nitrogens is 2. The minimum absolute atomic E-state index is 0.172. The summed E-state index contributed by atoms with van der Waals surface area (Å²) >= 11 is 1.42. The molecule has 0 fully saturated rings. The van der Waals surface area contributed by atoms with Crippen LogP contribution in [0, 0.1) is 19.7 Å². The highest BCUT2D eigenvalue weighted by atomic mass is 32.1. The van der Waals surface area contributed by atoms with Gasteiger partial charge in [-0.2, -0.15) is 0 Å². The molecule has 0 saturated heterocycles. The van der Waals surface area contributed by atoms with Crippen molar-refractivity contribution in [2.45, 2.75) is 20.3 Å². The Morgan fingerprint density at radius 3 is 2.97 bits per heavy atom. The summed E-state index contributed by atoms with van der Waals surface area (Å²) in [7, 11) is 0. The van der Waals surface area contributed by atoms with Gasteiger partial charge in [0.05, 0.1) is 15.7 Å². The fourth-order valence-electron chi connectivity index (χ4n) is 3.56. The molecule has 4 aromatic rings. The highest BCUT2D eigenvalue weighted by molar-refractivity contribution is 7.22. The van der Waals surface area contributed by atoms with Crippen LogP contribution in [-0.2, 0) is 11.2 Å². The molecule has 0 saturated carbocycles. The van der Waals surface area contributed by atoms with Crippen LogP contribution in [0.15, 0.2) is 36.4 Å². The summed E-state index contributed by atoms with van der Waals surface area (Å²) < 4.78 is 15.0. The first-order chi connectivity index (χ1) is 13.9. The molecule has 0 bridgehead atoms. The molecule has 4 N–H and O–H groups in total. The average Bonchev–Trinajstić information content (AvgIpc) is 3.22. The van der Waals surface area contributed by atoms with Crippen molar-refractivity contribution in [1.29, 1.82) is 0 Å². The van der Waals surface area contributed by atoms with E-state index in [2.05, 4.69) is 15.3 Å². The van der Waals surface area contributed by atoms with Gasteiger partial charge in [-0.25, -0.2) is 9.37 Å². The zero-order valence-corrected chi connectivity index (χ0v) is 17.0. The number of anilines is 1. The van der Waals surface area contributed by atoms with Crippen LogP contribution in [0.3, 0.4) is 0 Å². The summed E-state index contributed by atoms with van der Waals surface area (Å²) in [6.45, 7) is 4.36. The zero-order valence-electron chi connectivity index (χ0n) is 16.2. The zero-order chi connectivity index (χ0) is 20.5. The van der Waals surface area contributed by atoms with Gasteiger partial charge in [-0.05, 0) is 61.2 Å². The van der Waals surface area contributed by atoms with Crippen LogP contribution in [0.1, 0.15) is 22.4 Å². The summed E-state index contributed by atoms with van der Waals surface area (Å²) in [5.41, 5.74) is 11.0. The van der Waals surface area contributed by atoms with E-state index in [0.717, 1.165) is 38.0 Å². The highest BCUT2D eigenvalue weighted by Crippen LogP contribution is 2.28. The van der Waals surface area contributed by atoms with E-state index in [9.17, 15) is 9.18 Å². The third-order valence-corrected chi connectivity index (χ3v) is 5.81. The number of carbonyl (C=O) groups is 1. The highest BCUT2D eigenvalue weighted by Gasteiger charge is 2.13. The van der Waals surface area contributed by atoms with Gasteiger partial charge in [-0.1, -0.05) is 23.5 Å². The number of aromatic amines is 1. The SMILES string of the molecule is Cc1[nH]c2c(F)ccc(C)c2c1CCNC(=O)C=Cc1ccc2nc(N)sc2c1. The maximum absolute atomic E-state index is 14.1. The van der Waals surface area contributed by atoms with Crippen LogP contribution in [-0.4, -0.2) is 22.4 Å². The van der Waals surface area contributed by atoms with Crippen molar-refractivity contribution in [1.82, 2.24) is 15.3 Å². The number of nitrogen functional groups attached to an aromatic ring is 1. The van der Waals surface area contributed by atoms with E-state index in [4.69, 9.17) is 5.73 Å². The Morgan fingerprint density at radius 2 is 2.14 bits per heavy atom. The molecule has 148 valence electrons. The Hall–Kier alpha value is -3.19. The van der Waals surface area contributed by atoms with E-state index in [1.165, 1.54) is 23.5 Å². The normalized spacial score (nSPS) is 11.7. The smallest absolute Gasteiger partial charge is 0.244 e. The van der Waals surface area contributed by atoms with E-state index < -0.39 is 0 Å². The molecule has 2 heterocycles. The fourth-order valence-corrected chi connectivity index (χ4v) is 4.34. The van der Waals surface area contributed by atoms with Crippen molar-refractivity contribution >= 4 is 49.6 Å². The molecular weight excluding hydrogens is 387 g/mol. The second-order valence-electron chi connectivity index (χ2n) is 7.00. The van der Waals surface area contributed by atoms with Crippen molar-refractivity contribution in [3.63, 3.8) is 0 Å². The Morgan fingerprint density at radius 1 is 1.31 bits per heavy atom. The maximum atomic E-state index is 14.1. The van der Waals surface area contributed by atoms with Crippen LogP contribution in [0.25, 0.3) is 27.2 Å². The summed E-state index contributed by atoms with van der Waals surface area (Å²) in [4.78, 5) is 19.5. The van der Waals surface area contributed by atoms with Gasteiger partial charge in [-0.15, -0.1) is 0 Å². The molecule has 0 aliphatic rings. The Kier molecular flexibility index (Phi) is 5.07. The number of nitrogens with two attached hydrogens (primary N) is 1. The number of rotatable bonds is 5. The number of aryl methyl sites for hydroxylation is 2. The number of thiazole rings is 1. The molecular formula is C22H21FN4OS. The van der Waals surface area contributed by atoms with Gasteiger partial charge in [-0.3, -0.25) is 4.79 Å². The van der Waals surface area contributed by atoms with Gasteiger partial charge in [0.1, 0.15) is 5.82 Å². The van der Waals surface area contributed by atoms with Crippen molar-refractivity contribution in [3.05, 3.63) is 64.6 Å². The standard InChI is InChI=1S/C22H21FN4OS/c1-12-3-6-16(23)21-20(12)15(13(2)26-21)9-10-25-19(28)8-5-14-4-7-17-18(11-14)29-22(24)27-17/h3-8,11,26H,9-10H2,1-2H3,(H2,24,27)(H,25,28). The first-order valence-corrected chi connectivity index (χ1v) is 10.1. The summed E-state index contributed by atoms with van der Waals surface area (Å²) in [5.74, 6) is -0.430. The Bertz CT molecular complexity index is 1250. The fraction of sp³-hybridized carbons (Fsp3) is 0.182. The first kappa shape index (κ1) is 19.1. The average molecular weight is 409 g/mol. The van der Waals surface area contributed by atoms with Crippen LogP contribution >= 0.6 is 11.3 Å². The van der Waals surface area contributed by atoms with E-state index in [1.54, 1.807) is 12.1 Å². The first-order valence-electron chi connectivity index (χ1n) is 9.30. The number of hydrogen-bond donors (Lipinski definition) is 3. The van der Waals surface area contributed by atoms with Crippen molar-refractivity contribution in [2.24, 2.45) is 0 Å². The van der Waals surface area contributed by atoms with Gasteiger partial charge >= 0.3 is 0 Å². The summed E-state index contributed by atoms with van der Waals surface area (Å²) in [5, 5.41) is 4.33. The van der Waals surface area contributed by atoms with E-state index in [-0.39, 0.29) is 11.7 Å². The number of nitrogens with zero attached hydrogens (tertiary/aromatic N) is 1. The largest absolute Gasteiger partial charge is 0.375 e. The van der Waals surface area contributed by atoms with Crippen molar-refractivity contribution in [3.8, 4) is 0 Å². The molecule has 0 unspecified atom stereocenters. The number of benzene rings is 2. The number of halogens is 1. The predicted molar refractivity (Wildman–Crippen MR) is 118 cm³/mol.